The van der Waals surface area contributed by atoms with Gasteiger partial charge in [-0.25, -0.2) is 4.79 Å². The molecule has 5 aromatic rings. The first kappa shape index (κ1) is 35.0. The second-order valence-electron chi connectivity index (χ2n) is 11.9. The molecule has 1 aliphatic rings. The standard InChI is InChI=1S/C38H42ClN5O3S2/c1-7-28-35-32-14-13-30(39)36(35)34-23(2)43(5)42-31(34)22-48-20-25(40-3)18-26(41-4)21-49-27-17-24-11-8-9-12-29(24)33(19-27)47-16-10-15-44(32)37(28)38(45)46-6/h8-9,11-14,17-19,41H,7,10,15-16,20-22H2,1-6H3/b26-18-,40-25+. The molecule has 0 fully saturated rings. The third-order valence-corrected chi connectivity index (χ3v) is 11.4. The normalized spacial score (nSPS) is 16.6. The van der Waals surface area contributed by atoms with Crippen LogP contribution in [0.25, 0.3) is 32.8 Å². The van der Waals surface area contributed by atoms with E-state index in [2.05, 4.69) is 65.1 Å². The van der Waals surface area contributed by atoms with Crippen LogP contribution in [0.2, 0.25) is 5.02 Å². The minimum absolute atomic E-state index is 0.361. The van der Waals surface area contributed by atoms with Gasteiger partial charge in [0, 0.05) is 99.4 Å². The number of hydrogen-bond donors (Lipinski definition) is 1. The van der Waals surface area contributed by atoms with Gasteiger partial charge in [-0.3, -0.25) is 9.67 Å². The summed E-state index contributed by atoms with van der Waals surface area (Å²) in [6.45, 7) is 5.19. The molecule has 0 unspecified atom stereocenters. The van der Waals surface area contributed by atoms with Gasteiger partial charge in [-0.05, 0) is 61.1 Å². The molecule has 3 aromatic carbocycles. The van der Waals surface area contributed by atoms with E-state index in [0.717, 1.165) is 83.3 Å². The minimum atomic E-state index is -0.361. The lowest BCUT2D eigenvalue weighted by Gasteiger charge is -2.14. The number of aromatic nitrogens is 3. The van der Waals surface area contributed by atoms with Crippen LogP contribution in [-0.2, 0) is 30.5 Å². The molecule has 0 aliphatic carbocycles. The molecule has 6 bridgehead atoms. The molecule has 2 aromatic heterocycles. The smallest absolute Gasteiger partial charge is 0.354 e. The molecule has 49 heavy (non-hydrogen) atoms. The summed E-state index contributed by atoms with van der Waals surface area (Å²) in [5, 5.41) is 12.1. The number of esters is 1. The van der Waals surface area contributed by atoms with Gasteiger partial charge < -0.3 is 19.4 Å². The van der Waals surface area contributed by atoms with E-state index in [1.807, 2.05) is 44.0 Å². The summed E-state index contributed by atoms with van der Waals surface area (Å²) >= 11 is 10.6. The summed E-state index contributed by atoms with van der Waals surface area (Å²) in [5.41, 5.74) is 8.38. The first-order valence-corrected chi connectivity index (χ1v) is 19.0. The van der Waals surface area contributed by atoms with Crippen molar-refractivity contribution in [3.05, 3.63) is 88.0 Å². The highest BCUT2D eigenvalue weighted by Gasteiger charge is 2.28. The van der Waals surface area contributed by atoms with E-state index in [1.54, 1.807) is 23.5 Å². The highest BCUT2D eigenvalue weighted by Crippen LogP contribution is 2.43. The van der Waals surface area contributed by atoms with E-state index >= 15 is 0 Å². The molecule has 0 amide bonds. The molecule has 1 N–H and O–H groups in total. The fourth-order valence-corrected chi connectivity index (χ4v) is 8.70. The summed E-state index contributed by atoms with van der Waals surface area (Å²) < 4.78 is 15.9. The molecular weight excluding hydrogens is 674 g/mol. The molecule has 8 nitrogen and oxygen atoms in total. The lowest BCUT2D eigenvalue weighted by atomic mass is 9.96. The molecule has 0 saturated carbocycles. The lowest BCUT2D eigenvalue weighted by molar-refractivity contribution is 0.0587. The summed E-state index contributed by atoms with van der Waals surface area (Å²) in [7, 11) is 7.20. The third kappa shape index (κ3) is 6.96. The maximum atomic E-state index is 13.5. The number of allylic oxidation sites excluding steroid dienone is 1. The van der Waals surface area contributed by atoms with Crippen LogP contribution in [0.3, 0.4) is 0 Å². The van der Waals surface area contributed by atoms with Crippen LogP contribution in [0.1, 0.15) is 40.8 Å². The van der Waals surface area contributed by atoms with Crippen LogP contribution in [0.4, 0.5) is 0 Å². The monoisotopic (exact) mass is 715 g/mol. The minimum Gasteiger partial charge on any atom is -0.493 e. The Kier molecular flexibility index (Phi) is 11.0. The van der Waals surface area contributed by atoms with E-state index in [-0.39, 0.29) is 5.97 Å². The van der Waals surface area contributed by atoms with Gasteiger partial charge in [-0.15, -0.1) is 23.5 Å². The molecule has 0 spiro atoms. The Morgan fingerprint density at radius 3 is 2.71 bits per heavy atom. The maximum Gasteiger partial charge on any atom is 0.354 e. The van der Waals surface area contributed by atoms with Crippen molar-refractivity contribution in [3.63, 3.8) is 0 Å². The van der Waals surface area contributed by atoms with Gasteiger partial charge >= 0.3 is 5.97 Å². The van der Waals surface area contributed by atoms with Gasteiger partial charge in [0.2, 0.25) is 0 Å². The number of carbonyl (C=O) groups excluding carboxylic acids is 1. The summed E-state index contributed by atoms with van der Waals surface area (Å²) in [6, 6.07) is 16.6. The SMILES string of the molecule is CCc1c(C(=O)OC)n2c3ccc(Cl)c(c13)-c1c(nn(C)c1C)CSCC(=N/C)/C=C(\NC)CSc1cc(c3ccccc3c1)OCCC2. The number of ether oxygens (including phenoxy) is 2. The van der Waals surface area contributed by atoms with Crippen molar-refractivity contribution in [3.8, 4) is 16.9 Å². The zero-order valence-electron chi connectivity index (χ0n) is 28.9. The largest absolute Gasteiger partial charge is 0.493 e. The molecule has 0 saturated heterocycles. The van der Waals surface area contributed by atoms with Crippen LogP contribution < -0.4 is 10.1 Å². The molecule has 1 aliphatic heterocycles. The number of halogens is 1. The van der Waals surface area contributed by atoms with Gasteiger partial charge in [0.25, 0.3) is 0 Å². The van der Waals surface area contributed by atoms with Crippen molar-refractivity contribution in [2.75, 3.05) is 39.3 Å². The number of methoxy groups -OCH3 is 1. The average Bonchev–Trinajstić information content (AvgIpc) is 3.58. The molecule has 6 rings (SSSR count). The van der Waals surface area contributed by atoms with Gasteiger partial charge in [0.1, 0.15) is 11.4 Å². The molecule has 256 valence electrons. The van der Waals surface area contributed by atoms with Gasteiger partial charge in [0.15, 0.2) is 0 Å². The second kappa shape index (κ2) is 15.4. The number of aryl methyl sites for hydroxylation is 3. The number of hydrogen-bond acceptors (Lipinski definition) is 8. The maximum absolute atomic E-state index is 13.5. The topological polar surface area (TPSA) is 82.7 Å². The van der Waals surface area contributed by atoms with Crippen molar-refractivity contribution in [1.82, 2.24) is 19.7 Å². The van der Waals surface area contributed by atoms with Crippen molar-refractivity contribution < 1.29 is 14.3 Å². The molecular formula is C38H42ClN5O3S2. The van der Waals surface area contributed by atoms with E-state index in [1.165, 1.54) is 7.11 Å². The average molecular weight is 716 g/mol. The van der Waals surface area contributed by atoms with Crippen LogP contribution in [0.5, 0.6) is 5.75 Å². The number of rotatable bonds is 3. The van der Waals surface area contributed by atoms with Crippen LogP contribution >= 0.6 is 35.1 Å². The number of nitrogens with one attached hydrogen (secondary N) is 1. The molecule has 0 radical (unpaired) electrons. The predicted octanol–water partition coefficient (Wildman–Crippen LogP) is 8.49. The number of thioether (sulfide) groups is 2. The third-order valence-electron chi connectivity index (χ3n) is 9.08. The van der Waals surface area contributed by atoms with Gasteiger partial charge in [-0.2, -0.15) is 5.10 Å². The first-order valence-electron chi connectivity index (χ1n) is 16.4. The Hall–Kier alpha value is -3.86. The van der Waals surface area contributed by atoms with Crippen molar-refractivity contribution in [2.24, 2.45) is 12.0 Å². The highest BCUT2D eigenvalue weighted by atomic mass is 35.5. The Morgan fingerprint density at radius 2 is 1.96 bits per heavy atom. The van der Waals surface area contributed by atoms with Crippen molar-refractivity contribution in [1.29, 1.82) is 0 Å². The summed E-state index contributed by atoms with van der Waals surface area (Å²) in [4.78, 5) is 19.2. The number of carbonyl (C=O) groups is 1. The summed E-state index contributed by atoms with van der Waals surface area (Å²) in [6.07, 6.45) is 3.46. The zero-order chi connectivity index (χ0) is 34.7. The Labute approximate surface area is 301 Å². The fraction of sp³-hybridized carbons (Fsp3) is 0.342. The van der Waals surface area contributed by atoms with E-state index in [9.17, 15) is 4.79 Å². The lowest BCUT2D eigenvalue weighted by Crippen LogP contribution is -2.14. The van der Waals surface area contributed by atoms with E-state index < -0.39 is 0 Å². The number of benzene rings is 3. The van der Waals surface area contributed by atoms with Gasteiger partial charge in [-0.1, -0.05) is 42.8 Å². The zero-order valence-corrected chi connectivity index (χ0v) is 31.2. The molecule has 11 heteroatoms. The van der Waals surface area contributed by atoms with Crippen LogP contribution in [0, 0.1) is 6.92 Å². The summed E-state index contributed by atoms with van der Waals surface area (Å²) in [5.74, 6) is 2.64. The number of nitrogens with zero attached hydrogens (tertiary/aromatic N) is 4. The quantitative estimate of drug-likeness (QED) is 0.188. The van der Waals surface area contributed by atoms with E-state index in [4.69, 9.17) is 26.2 Å². The predicted molar refractivity (Wildman–Crippen MR) is 206 cm³/mol. The van der Waals surface area contributed by atoms with Crippen LogP contribution in [-0.4, -0.2) is 65.3 Å². The Balaban J connectivity index is 1.51. The van der Waals surface area contributed by atoms with Gasteiger partial charge in [0.05, 0.1) is 19.4 Å². The molecule has 0 atom stereocenters. The molecule has 3 heterocycles. The number of aliphatic imine (C=N–C) groups is 1. The van der Waals surface area contributed by atoms with Crippen molar-refractivity contribution in [2.45, 2.75) is 43.9 Å². The van der Waals surface area contributed by atoms with E-state index in [0.29, 0.717) is 42.5 Å². The Morgan fingerprint density at radius 1 is 1.14 bits per heavy atom. The number of fused-ring (bicyclic) bond motifs is 6. The van der Waals surface area contributed by atoms with Crippen molar-refractivity contribution >= 4 is 68.5 Å². The Bertz CT molecular complexity index is 2100. The second-order valence-corrected chi connectivity index (χ2v) is 14.4. The van der Waals surface area contributed by atoms with Crippen LogP contribution in [0.15, 0.2) is 70.2 Å². The first-order chi connectivity index (χ1) is 23.8. The fourth-order valence-electron chi connectivity index (χ4n) is 6.58. The highest BCUT2D eigenvalue weighted by molar-refractivity contribution is 7.99.